The lowest BCUT2D eigenvalue weighted by molar-refractivity contribution is -0.123. The molecule has 1 rings (SSSR count). The molecule has 1 amide bonds. The molecule has 2 N–H and O–H groups in total. The van der Waals surface area contributed by atoms with E-state index >= 15 is 0 Å². The molecular weight excluding hydrogens is 216 g/mol. The van der Waals surface area contributed by atoms with Gasteiger partial charge >= 0.3 is 0 Å². The van der Waals surface area contributed by atoms with Crippen LogP contribution in [0.3, 0.4) is 0 Å². The molecule has 0 bridgehead atoms. The topological polar surface area (TPSA) is 50.4 Å². The van der Waals surface area contributed by atoms with E-state index in [9.17, 15) is 4.79 Å². The van der Waals surface area contributed by atoms with Crippen LogP contribution >= 0.6 is 0 Å². The van der Waals surface area contributed by atoms with Crippen molar-refractivity contribution in [2.24, 2.45) is 0 Å². The van der Waals surface area contributed by atoms with Crippen LogP contribution in [0, 0.1) is 0 Å². The van der Waals surface area contributed by atoms with Crippen molar-refractivity contribution in [3.05, 3.63) is 0 Å². The maximum atomic E-state index is 11.8. The lowest BCUT2D eigenvalue weighted by Crippen LogP contribution is -2.48. The Bertz CT molecular complexity index is 215. The molecule has 0 radical (unpaired) electrons. The smallest absolute Gasteiger partial charge is 0.236 e. The molecule has 4 heteroatoms. The highest BCUT2D eigenvalue weighted by atomic mass is 16.5. The van der Waals surface area contributed by atoms with E-state index in [2.05, 4.69) is 17.6 Å². The fourth-order valence-electron chi connectivity index (χ4n) is 2.03. The number of carbonyl (C=O) groups excluding carboxylic acids is 1. The van der Waals surface area contributed by atoms with E-state index in [0.29, 0.717) is 6.04 Å². The van der Waals surface area contributed by atoms with Crippen LogP contribution in [-0.2, 0) is 9.53 Å². The molecule has 1 aliphatic rings. The highest BCUT2D eigenvalue weighted by Crippen LogP contribution is 2.07. The number of hydrogen-bond acceptors (Lipinski definition) is 3. The first-order chi connectivity index (χ1) is 8.24. The van der Waals surface area contributed by atoms with Gasteiger partial charge in [0.25, 0.3) is 0 Å². The van der Waals surface area contributed by atoms with Crippen molar-refractivity contribution in [1.82, 2.24) is 10.6 Å². The van der Waals surface area contributed by atoms with Crippen molar-refractivity contribution in [1.29, 1.82) is 0 Å². The molecule has 4 nitrogen and oxygen atoms in total. The third-order valence-electron chi connectivity index (χ3n) is 3.18. The summed E-state index contributed by atoms with van der Waals surface area (Å²) in [6, 6.07) is 0.333. The molecule has 0 spiro atoms. The SMILES string of the molecule is CCCCCNC(=O)C(C)NC1CCOCC1. The second-order valence-electron chi connectivity index (χ2n) is 4.77. The van der Waals surface area contributed by atoms with Gasteiger partial charge in [0.15, 0.2) is 0 Å². The van der Waals surface area contributed by atoms with E-state index in [1.54, 1.807) is 0 Å². The van der Waals surface area contributed by atoms with Crippen molar-refractivity contribution < 1.29 is 9.53 Å². The van der Waals surface area contributed by atoms with Crippen LogP contribution in [-0.4, -0.2) is 37.7 Å². The summed E-state index contributed by atoms with van der Waals surface area (Å²) in [6.07, 6.45) is 5.46. The number of hydrogen-bond donors (Lipinski definition) is 2. The van der Waals surface area contributed by atoms with Gasteiger partial charge in [0.05, 0.1) is 6.04 Å². The molecule has 0 aromatic heterocycles. The Morgan fingerprint density at radius 2 is 2.06 bits per heavy atom. The predicted octanol–water partition coefficient (Wildman–Crippen LogP) is 1.45. The van der Waals surface area contributed by atoms with Gasteiger partial charge in [0.2, 0.25) is 5.91 Å². The molecule has 1 saturated heterocycles. The monoisotopic (exact) mass is 242 g/mol. The predicted molar refractivity (Wildman–Crippen MR) is 69.0 cm³/mol. The second kappa shape index (κ2) is 8.48. The molecule has 100 valence electrons. The number of carbonyl (C=O) groups is 1. The van der Waals surface area contributed by atoms with E-state index in [-0.39, 0.29) is 11.9 Å². The van der Waals surface area contributed by atoms with Crippen molar-refractivity contribution in [2.75, 3.05) is 19.8 Å². The Balaban J connectivity index is 2.12. The third-order valence-corrected chi connectivity index (χ3v) is 3.18. The average Bonchev–Trinajstić information content (AvgIpc) is 2.35. The largest absolute Gasteiger partial charge is 0.381 e. The zero-order valence-corrected chi connectivity index (χ0v) is 11.1. The summed E-state index contributed by atoms with van der Waals surface area (Å²) in [5.41, 5.74) is 0. The first-order valence-electron chi connectivity index (χ1n) is 6.85. The van der Waals surface area contributed by atoms with E-state index in [1.807, 2.05) is 6.92 Å². The minimum atomic E-state index is -0.0975. The van der Waals surface area contributed by atoms with Crippen LogP contribution in [0.4, 0.5) is 0 Å². The van der Waals surface area contributed by atoms with Gasteiger partial charge in [-0.15, -0.1) is 0 Å². The quantitative estimate of drug-likeness (QED) is 0.664. The summed E-state index contributed by atoms with van der Waals surface area (Å²) in [7, 11) is 0. The van der Waals surface area contributed by atoms with Crippen molar-refractivity contribution in [2.45, 2.75) is 58.0 Å². The number of rotatable bonds is 7. The number of ether oxygens (including phenoxy) is 1. The highest BCUT2D eigenvalue weighted by molar-refractivity contribution is 5.81. The molecule has 0 aliphatic carbocycles. The summed E-state index contributed by atoms with van der Waals surface area (Å²) in [5.74, 6) is 0.118. The average molecular weight is 242 g/mol. The zero-order chi connectivity index (χ0) is 12.5. The number of nitrogens with one attached hydrogen (secondary N) is 2. The second-order valence-corrected chi connectivity index (χ2v) is 4.77. The van der Waals surface area contributed by atoms with Gasteiger partial charge in [-0.1, -0.05) is 19.8 Å². The van der Waals surface area contributed by atoms with Crippen LogP contribution in [0.2, 0.25) is 0 Å². The molecular formula is C13H26N2O2. The zero-order valence-electron chi connectivity index (χ0n) is 11.1. The van der Waals surface area contributed by atoms with Crippen LogP contribution in [0.5, 0.6) is 0 Å². The highest BCUT2D eigenvalue weighted by Gasteiger charge is 2.19. The van der Waals surface area contributed by atoms with Crippen LogP contribution in [0.1, 0.15) is 46.0 Å². The molecule has 1 heterocycles. The van der Waals surface area contributed by atoms with Gasteiger partial charge in [-0.25, -0.2) is 0 Å². The molecule has 0 aromatic rings. The molecule has 17 heavy (non-hydrogen) atoms. The van der Waals surface area contributed by atoms with Crippen LogP contribution in [0.25, 0.3) is 0 Å². The van der Waals surface area contributed by atoms with Crippen molar-refractivity contribution in [3.8, 4) is 0 Å². The summed E-state index contributed by atoms with van der Waals surface area (Å²) in [5, 5.41) is 6.34. The normalized spacial score (nSPS) is 18.9. The Labute approximate surface area is 104 Å². The Kier molecular flexibility index (Phi) is 7.21. The summed E-state index contributed by atoms with van der Waals surface area (Å²) in [4.78, 5) is 11.8. The molecule has 1 aliphatic heterocycles. The van der Waals surface area contributed by atoms with Gasteiger partial charge in [-0.3, -0.25) is 4.79 Å². The van der Waals surface area contributed by atoms with Crippen molar-refractivity contribution in [3.63, 3.8) is 0 Å². The number of amides is 1. The lowest BCUT2D eigenvalue weighted by atomic mass is 10.1. The molecule has 1 fully saturated rings. The maximum Gasteiger partial charge on any atom is 0.236 e. The molecule has 0 aromatic carbocycles. The first-order valence-corrected chi connectivity index (χ1v) is 6.85. The van der Waals surface area contributed by atoms with Gasteiger partial charge in [-0.2, -0.15) is 0 Å². The fourth-order valence-corrected chi connectivity index (χ4v) is 2.03. The van der Waals surface area contributed by atoms with E-state index in [4.69, 9.17) is 4.74 Å². The minimum absolute atomic E-state index is 0.0975. The summed E-state index contributed by atoms with van der Waals surface area (Å²) in [6.45, 7) is 6.51. The first kappa shape index (κ1) is 14.5. The van der Waals surface area contributed by atoms with Crippen molar-refractivity contribution >= 4 is 5.91 Å². The standard InChI is InChI=1S/C13H26N2O2/c1-3-4-5-8-14-13(16)11(2)15-12-6-9-17-10-7-12/h11-12,15H,3-10H2,1-2H3,(H,14,16). The maximum absolute atomic E-state index is 11.8. The Morgan fingerprint density at radius 1 is 1.35 bits per heavy atom. The number of unbranched alkanes of at least 4 members (excludes halogenated alkanes) is 2. The van der Waals surface area contributed by atoms with Crippen LogP contribution < -0.4 is 10.6 Å². The Hall–Kier alpha value is -0.610. The molecule has 1 atom stereocenters. The van der Waals surface area contributed by atoms with Gasteiger partial charge < -0.3 is 15.4 Å². The van der Waals surface area contributed by atoms with E-state index in [1.165, 1.54) is 12.8 Å². The third kappa shape index (κ3) is 6.03. The molecule has 1 unspecified atom stereocenters. The summed E-state index contributed by atoms with van der Waals surface area (Å²) < 4.78 is 5.29. The van der Waals surface area contributed by atoms with E-state index < -0.39 is 0 Å². The van der Waals surface area contributed by atoms with Gasteiger partial charge in [-0.05, 0) is 26.2 Å². The Morgan fingerprint density at radius 3 is 2.71 bits per heavy atom. The lowest BCUT2D eigenvalue weighted by Gasteiger charge is -2.26. The van der Waals surface area contributed by atoms with E-state index in [0.717, 1.165) is 39.0 Å². The minimum Gasteiger partial charge on any atom is -0.381 e. The van der Waals surface area contributed by atoms with Crippen LogP contribution in [0.15, 0.2) is 0 Å². The van der Waals surface area contributed by atoms with Gasteiger partial charge in [0.1, 0.15) is 0 Å². The summed E-state index contributed by atoms with van der Waals surface area (Å²) >= 11 is 0. The fraction of sp³-hybridized carbons (Fsp3) is 0.923. The van der Waals surface area contributed by atoms with Gasteiger partial charge in [0, 0.05) is 25.8 Å². The molecule has 0 saturated carbocycles.